The van der Waals surface area contributed by atoms with Gasteiger partial charge in [0.15, 0.2) is 0 Å². The van der Waals surface area contributed by atoms with Gasteiger partial charge in [-0.25, -0.2) is 4.98 Å². The van der Waals surface area contributed by atoms with E-state index in [-0.39, 0.29) is 0 Å². The van der Waals surface area contributed by atoms with Gasteiger partial charge in [-0.05, 0) is 36.6 Å². The van der Waals surface area contributed by atoms with E-state index >= 15 is 0 Å². The third-order valence-electron chi connectivity index (χ3n) is 3.15. The lowest BCUT2D eigenvalue weighted by molar-refractivity contribution is 0.399. The Labute approximate surface area is 112 Å². The molecule has 0 amide bonds. The number of benzene rings is 1. The minimum Gasteiger partial charge on any atom is -0.481 e. The van der Waals surface area contributed by atoms with E-state index in [1.807, 2.05) is 24.3 Å². The Bertz CT molecular complexity index is 557. The van der Waals surface area contributed by atoms with Crippen LogP contribution in [0.3, 0.4) is 0 Å². The van der Waals surface area contributed by atoms with E-state index in [2.05, 4.69) is 11.9 Å². The maximum absolute atomic E-state index is 6.45. The number of fused-ring (bicyclic) bond motifs is 1. The Morgan fingerprint density at radius 2 is 2.11 bits per heavy atom. The summed E-state index contributed by atoms with van der Waals surface area (Å²) in [6.07, 6.45) is 0.925. The first-order valence-corrected chi connectivity index (χ1v) is 6.38. The molecule has 18 heavy (non-hydrogen) atoms. The van der Waals surface area contributed by atoms with Crippen molar-refractivity contribution in [1.82, 2.24) is 4.98 Å². The smallest absolute Gasteiger partial charge is 0.213 e. The summed E-state index contributed by atoms with van der Waals surface area (Å²) >= 11 is 6.45. The molecule has 1 atom stereocenters. The summed E-state index contributed by atoms with van der Waals surface area (Å²) in [5, 5.41) is 1.72. The quantitative estimate of drug-likeness (QED) is 0.921. The highest BCUT2D eigenvalue weighted by molar-refractivity contribution is 6.36. The SMILES string of the molecule is COc1ccc2c(Cl)c(C(C)CCN)ccc2n1. The fraction of sp³-hybridized carbons (Fsp3) is 0.357. The second kappa shape index (κ2) is 5.55. The zero-order valence-corrected chi connectivity index (χ0v) is 11.4. The van der Waals surface area contributed by atoms with Gasteiger partial charge in [-0.2, -0.15) is 0 Å². The summed E-state index contributed by atoms with van der Waals surface area (Å²) in [6, 6.07) is 7.78. The van der Waals surface area contributed by atoms with Crippen molar-refractivity contribution in [3.05, 3.63) is 34.9 Å². The lowest BCUT2D eigenvalue weighted by atomic mass is 9.96. The van der Waals surface area contributed by atoms with Crippen molar-refractivity contribution in [3.63, 3.8) is 0 Å². The highest BCUT2D eigenvalue weighted by atomic mass is 35.5. The van der Waals surface area contributed by atoms with Crippen molar-refractivity contribution >= 4 is 22.5 Å². The molecule has 0 aliphatic heterocycles. The first kappa shape index (κ1) is 13.1. The second-order valence-corrected chi connectivity index (χ2v) is 4.75. The number of methoxy groups -OCH3 is 1. The van der Waals surface area contributed by atoms with Gasteiger partial charge in [0.05, 0.1) is 17.6 Å². The van der Waals surface area contributed by atoms with E-state index in [4.69, 9.17) is 22.1 Å². The minimum absolute atomic E-state index is 0.356. The number of nitrogens with zero attached hydrogens (tertiary/aromatic N) is 1. The molecule has 0 saturated heterocycles. The van der Waals surface area contributed by atoms with Crippen LogP contribution in [0.2, 0.25) is 5.02 Å². The Morgan fingerprint density at radius 1 is 1.33 bits per heavy atom. The van der Waals surface area contributed by atoms with Crippen LogP contribution in [-0.2, 0) is 0 Å². The van der Waals surface area contributed by atoms with Crippen LogP contribution in [0.1, 0.15) is 24.8 Å². The first-order chi connectivity index (χ1) is 8.67. The van der Waals surface area contributed by atoms with Gasteiger partial charge >= 0.3 is 0 Å². The molecule has 1 aromatic carbocycles. The lowest BCUT2D eigenvalue weighted by Gasteiger charge is -2.14. The summed E-state index contributed by atoms with van der Waals surface area (Å²) in [6.45, 7) is 2.80. The highest BCUT2D eigenvalue weighted by Crippen LogP contribution is 2.33. The Kier molecular flexibility index (Phi) is 4.04. The van der Waals surface area contributed by atoms with Gasteiger partial charge in [-0.1, -0.05) is 24.6 Å². The molecule has 0 saturated carbocycles. The number of rotatable bonds is 4. The van der Waals surface area contributed by atoms with Crippen LogP contribution in [0, 0.1) is 0 Å². The number of aromatic nitrogens is 1. The number of hydrogen-bond acceptors (Lipinski definition) is 3. The van der Waals surface area contributed by atoms with Crippen molar-refractivity contribution in [2.45, 2.75) is 19.3 Å². The summed E-state index contributed by atoms with van der Waals surface area (Å²) in [5.74, 6) is 0.954. The predicted molar refractivity (Wildman–Crippen MR) is 75.4 cm³/mol. The average Bonchev–Trinajstić information content (AvgIpc) is 2.38. The highest BCUT2D eigenvalue weighted by Gasteiger charge is 2.12. The maximum Gasteiger partial charge on any atom is 0.213 e. The molecule has 2 rings (SSSR count). The Morgan fingerprint density at radius 3 is 2.78 bits per heavy atom. The molecule has 4 heteroatoms. The molecule has 2 N–H and O–H groups in total. The van der Waals surface area contributed by atoms with Gasteiger partial charge in [0.1, 0.15) is 0 Å². The van der Waals surface area contributed by atoms with Gasteiger partial charge in [-0.15, -0.1) is 0 Å². The molecule has 96 valence electrons. The topological polar surface area (TPSA) is 48.1 Å². The number of hydrogen-bond donors (Lipinski definition) is 1. The Hall–Kier alpha value is -1.32. The van der Waals surface area contributed by atoms with Crippen LogP contribution in [0.15, 0.2) is 24.3 Å². The van der Waals surface area contributed by atoms with Gasteiger partial charge in [0.25, 0.3) is 0 Å². The van der Waals surface area contributed by atoms with Crippen LogP contribution in [0.25, 0.3) is 10.9 Å². The third-order valence-corrected chi connectivity index (χ3v) is 3.57. The molecule has 0 spiro atoms. The molecular weight excluding hydrogens is 248 g/mol. The van der Waals surface area contributed by atoms with Crippen LogP contribution >= 0.6 is 11.6 Å². The zero-order valence-electron chi connectivity index (χ0n) is 10.6. The van der Waals surface area contributed by atoms with E-state index in [1.165, 1.54) is 0 Å². The summed E-state index contributed by atoms with van der Waals surface area (Å²) in [5.41, 5.74) is 7.57. The molecule has 1 unspecified atom stereocenters. The van der Waals surface area contributed by atoms with E-state index in [9.17, 15) is 0 Å². The third kappa shape index (κ3) is 2.42. The monoisotopic (exact) mass is 264 g/mol. The van der Waals surface area contributed by atoms with Gasteiger partial charge in [-0.3, -0.25) is 0 Å². The van der Waals surface area contributed by atoms with Crippen molar-refractivity contribution < 1.29 is 4.74 Å². The van der Waals surface area contributed by atoms with Gasteiger partial charge in [0.2, 0.25) is 5.88 Å². The standard InChI is InChI=1S/C14H17ClN2O/c1-9(7-8-16)10-3-5-12-11(14(10)15)4-6-13(17-12)18-2/h3-6,9H,7-8,16H2,1-2H3. The number of nitrogens with two attached hydrogens (primary N) is 1. The molecule has 1 heterocycles. The first-order valence-electron chi connectivity index (χ1n) is 6.00. The van der Waals surface area contributed by atoms with Crippen LogP contribution < -0.4 is 10.5 Å². The normalized spacial score (nSPS) is 12.7. The summed E-state index contributed by atoms with van der Waals surface area (Å²) < 4.78 is 5.11. The van der Waals surface area contributed by atoms with Crippen molar-refractivity contribution in [2.75, 3.05) is 13.7 Å². The van der Waals surface area contributed by atoms with Crippen molar-refractivity contribution in [3.8, 4) is 5.88 Å². The van der Waals surface area contributed by atoms with E-state index in [0.717, 1.165) is 27.9 Å². The Balaban J connectivity index is 2.50. The molecule has 0 bridgehead atoms. The molecule has 0 aliphatic carbocycles. The predicted octanol–water partition coefficient (Wildman–Crippen LogP) is 3.35. The number of pyridine rings is 1. The average molecular weight is 265 g/mol. The van der Waals surface area contributed by atoms with E-state index < -0.39 is 0 Å². The van der Waals surface area contributed by atoms with Gasteiger partial charge in [0, 0.05) is 11.5 Å². The largest absolute Gasteiger partial charge is 0.481 e. The molecular formula is C14H17ClN2O. The maximum atomic E-state index is 6.45. The van der Waals surface area contributed by atoms with E-state index in [0.29, 0.717) is 18.3 Å². The number of ether oxygens (including phenoxy) is 1. The molecule has 0 aliphatic rings. The van der Waals surface area contributed by atoms with Crippen LogP contribution in [0.4, 0.5) is 0 Å². The van der Waals surface area contributed by atoms with Crippen LogP contribution in [-0.4, -0.2) is 18.6 Å². The fourth-order valence-corrected chi connectivity index (χ4v) is 2.48. The zero-order chi connectivity index (χ0) is 13.1. The summed E-state index contributed by atoms with van der Waals surface area (Å²) in [7, 11) is 1.60. The van der Waals surface area contributed by atoms with Crippen molar-refractivity contribution in [1.29, 1.82) is 0 Å². The minimum atomic E-state index is 0.356. The fourth-order valence-electron chi connectivity index (χ4n) is 2.07. The molecule has 0 radical (unpaired) electrons. The van der Waals surface area contributed by atoms with Crippen molar-refractivity contribution in [2.24, 2.45) is 5.73 Å². The molecule has 1 aromatic heterocycles. The lowest BCUT2D eigenvalue weighted by Crippen LogP contribution is -2.05. The summed E-state index contributed by atoms with van der Waals surface area (Å²) in [4.78, 5) is 4.37. The van der Waals surface area contributed by atoms with Crippen LogP contribution in [0.5, 0.6) is 5.88 Å². The molecule has 0 fully saturated rings. The van der Waals surface area contributed by atoms with E-state index in [1.54, 1.807) is 7.11 Å². The molecule has 3 nitrogen and oxygen atoms in total. The second-order valence-electron chi connectivity index (χ2n) is 4.37. The number of halogens is 1. The molecule has 2 aromatic rings. The van der Waals surface area contributed by atoms with Gasteiger partial charge < -0.3 is 10.5 Å².